The van der Waals surface area contributed by atoms with Crippen LogP contribution < -0.4 is 5.32 Å². The van der Waals surface area contributed by atoms with Crippen molar-refractivity contribution in [3.05, 3.63) is 35.6 Å². The number of carbonyl (C=O) groups excluding carboxylic acids is 2. The van der Waals surface area contributed by atoms with Gasteiger partial charge in [0.05, 0.1) is 18.8 Å². The van der Waals surface area contributed by atoms with Gasteiger partial charge in [-0.1, -0.05) is 12.1 Å². The molecule has 1 amide bonds. The molecule has 2 heterocycles. The molecule has 0 radical (unpaired) electrons. The van der Waals surface area contributed by atoms with E-state index in [9.17, 15) is 9.59 Å². The number of amides is 1. The number of benzene rings is 1. The quantitative estimate of drug-likeness (QED) is 0.821. The molecule has 1 saturated heterocycles. The molecule has 0 spiro atoms. The first-order chi connectivity index (χ1) is 11.6. The minimum Gasteiger partial charge on any atom is -0.464 e. The second-order valence-electron chi connectivity index (χ2n) is 6.04. The standard InChI is InChI=1S/C18H21NO5/c1-12-4-5-15-13(10-23-16(15)7-12)8-18(21)24-11-17(20)19-9-14-3-2-6-22-14/h4-5,7,10,14H,2-3,6,8-9,11H2,1H3,(H,19,20)/t14-/m0/s1. The van der Waals surface area contributed by atoms with E-state index >= 15 is 0 Å². The van der Waals surface area contributed by atoms with Crippen LogP contribution in [0.3, 0.4) is 0 Å². The molecule has 0 saturated carbocycles. The van der Waals surface area contributed by atoms with Gasteiger partial charge in [0.15, 0.2) is 6.61 Å². The monoisotopic (exact) mass is 331 g/mol. The smallest absolute Gasteiger partial charge is 0.310 e. The predicted octanol–water partition coefficient (Wildman–Crippen LogP) is 2.12. The van der Waals surface area contributed by atoms with Gasteiger partial charge in [0, 0.05) is 24.1 Å². The van der Waals surface area contributed by atoms with E-state index in [1.165, 1.54) is 0 Å². The molecule has 0 aliphatic carbocycles. The zero-order valence-corrected chi connectivity index (χ0v) is 13.7. The van der Waals surface area contributed by atoms with Crippen LogP contribution in [0.1, 0.15) is 24.0 Å². The number of furan rings is 1. The Morgan fingerprint density at radius 3 is 3.04 bits per heavy atom. The molecule has 0 unspecified atom stereocenters. The zero-order chi connectivity index (χ0) is 16.9. The van der Waals surface area contributed by atoms with E-state index in [4.69, 9.17) is 13.9 Å². The third-order valence-electron chi connectivity index (χ3n) is 4.06. The lowest BCUT2D eigenvalue weighted by atomic mass is 10.1. The van der Waals surface area contributed by atoms with Crippen LogP contribution in [0.4, 0.5) is 0 Å². The molecule has 1 aliphatic rings. The van der Waals surface area contributed by atoms with Crippen molar-refractivity contribution in [2.75, 3.05) is 19.8 Å². The van der Waals surface area contributed by atoms with Gasteiger partial charge in [-0.3, -0.25) is 9.59 Å². The van der Waals surface area contributed by atoms with Crippen LogP contribution in [0.2, 0.25) is 0 Å². The van der Waals surface area contributed by atoms with Gasteiger partial charge < -0.3 is 19.2 Å². The second-order valence-corrected chi connectivity index (χ2v) is 6.04. The fourth-order valence-corrected chi connectivity index (χ4v) is 2.76. The summed E-state index contributed by atoms with van der Waals surface area (Å²) in [4.78, 5) is 23.6. The highest BCUT2D eigenvalue weighted by atomic mass is 16.5. The van der Waals surface area contributed by atoms with Crippen molar-refractivity contribution in [1.82, 2.24) is 5.32 Å². The lowest BCUT2D eigenvalue weighted by Gasteiger charge is -2.10. The maximum Gasteiger partial charge on any atom is 0.310 e. The molecule has 0 bridgehead atoms. The molecule has 128 valence electrons. The van der Waals surface area contributed by atoms with Crippen molar-refractivity contribution in [3.63, 3.8) is 0 Å². The van der Waals surface area contributed by atoms with Crippen molar-refractivity contribution < 1.29 is 23.5 Å². The van der Waals surface area contributed by atoms with Crippen molar-refractivity contribution >= 4 is 22.8 Å². The van der Waals surface area contributed by atoms with E-state index in [1.54, 1.807) is 6.26 Å². The molecule has 1 aromatic heterocycles. The number of esters is 1. The maximum absolute atomic E-state index is 11.9. The van der Waals surface area contributed by atoms with Crippen LogP contribution >= 0.6 is 0 Å². The van der Waals surface area contributed by atoms with Gasteiger partial charge in [-0.2, -0.15) is 0 Å². The number of aryl methyl sites for hydroxylation is 1. The normalized spacial score (nSPS) is 17.1. The predicted molar refractivity (Wildman–Crippen MR) is 87.6 cm³/mol. The van der Waals surface area contributed by atoms with Crippen LogP contribution in [0, 0.1) is 6.92 Å². The fourth-order valence-electron chi connectivity index (χ4n) is 2.76. The molecular formula is C18H21NO5. The number of hydrogen-bond acceptors (Lipinski definition) is 5. The molecule has 2 aromatic rings. The summed E-state index contributed by atoms with van der Waals surface area (Å²) in [6.07, 6.45) is 3.68. The van der Waals surface area contributed by atoms with Crippen molar-refractivity contribution in [3.8, 4) is 0 Å². The Kier molecular flexibility index (Phi) is 5.15. The highest BCUT2D eigenvalue weighted by molar-refractivity contribution is 5.87. The first kappa shape index (κ1) is 16.5. The summed E-state index contributed by atoms with van der Waals surface area (Å²) < 4.78 is 15.9. The van der Waals surface area contributed by atoms with Gasteiger partial charge in [-0.25, -0.2) is 0 Å². The topological polar surface area (TPSA) is 77.8 Å². The molecular weight excluding hydrogens is 310 g/mol. The molecule has 3 rings (SSSR count). The van der Waals surface area contributed by atoms with Crippen LogP contribution in [0.15, 0.2) is 28.9 Å². The fraction of sp³-hybridized carbons (Fsp3) is 0.444. The van der Waals surface area contributed by atoms with Crippen LogP contribution in [-0.4, -0.2) is 37.7 Å². The lowest BCUT2D eigenvalue weighted by Crippen LogP contribution is -2.35. The van der Waals surface area contributed by atoms with E-state index in [0.29, 0.717) is 6.54 Å². The van der Waals surface area contributed by atoms with Gasteiger partial charge >= 0.3 is 5.97 Å². The number of ether oxygens (including phenoxy) is 2. The van der Waals surface area contributed by atoms with E-state index in [2.05, 4.69) is 5.32 Å². The maximum atomic E-state index is 11.9. The molecule has 24 heavy (non-hydrogen) atoms. The van der Waals surface area contributed by atoms with E-state index in [1.807, 2.05) is 25.1 Å². The minimum atomic E-state index is -0.453. The van der Waals surface area contributed by atoms with Crippen molar-refractivity contribution in [1.29, 1.82) is 0 Å². The van der Waals surface area contributed by atoms with Gasteiger partial charge in [-0.15, -0.1) is 0 Å². The summed E-state index contributed by atoms with van der Waals surface area (Å²) >= 11 is 0. The van der Waals surface area contributed by atoms with E-state index in [0.717, 1.165) is 41.5 Å². The SMILES string of the molecule is Cc1ccc2c(CC(=O)OCC(=O)NC[C@@H]3CCCO3)coc2c1. The average molecular weight is 331 g/mol. The van der Waals surface area contributed by atoms with Crippen LogP contribution in [0.25, 0.3) is 11.0 Å². The summed E-state index contributed by atoms with van der Waals surface area (Å²) in [5, 5.41) is 3.60. The molecule has 1 N–H and O–H groups in total. The number of carbonyl (C=O) groups is 2. The Hall–Kier alpha value is -2.34. The number of fused-ring (bicyclic) bond motifs is 1. The molecule has 1 fully saturated rings. The Morgan fingerprint density at radius 2 is 2.25 bits per heavy atom. The van der Waals surface area contributed by atoms with Gasteiger partial charge in [0.1, 0.15) is 5.58 Å². The molecule has 6 nitrogen and oxygen atoms in total. The molecule has 1 atom stereocenters. The average Bonchev–Trinajstić information content (AvgIpc) is 3.21. The van der Waals surface area contributed by atoms with Crippen molar-refractivity contribution in [2.24, 2.45) is 0 Å². The second kappa shape index (κ2) is 7.49. The summed E-state index contributed by atoms with van der Waals surface area (Å²) in [5.74, 6) is -0.767. The van der Waals surface area contributed by atoms with Crippen molar-refractivity contribution in [2.45, 2.75) is 32.3 Å². The summed E-state index contributed by atoms with van der Waals surface area (Å²) in [6.45, 7) is 2.90. The molecule has 1 aliphatic heterocycles. The Bertz CT molecular complexity index is 730. The van der Waals surface area contributed by atoms with Gasteiger partial charge in [0.25, 0.3) is 5.91 Å². The lowest BCUT2D eigenvalue weighted by molar-refractivity contribution is -0.148. The van der Waals surface area contributed by atoms with Crippen LogP contribution in [-0.2, 0) is 25.5 Å². The summed E-state index contributed by atoms with van der Waals surface area (Å²) in [5.41, 5.74) is 2.59. The largest absolute Gasteiger partial charge is 0.464 e. The summed E-state index contributed by atoms with van der Waals surface area (Å²) in [6, 6.07) is 5.80. The molecule has 6 heteroatoms. The van der Waals surface area contributed by atoms with Crippen LogP contribution in [0.5, 0.6) is 0 Å². The molecule has 1 aromatic carbocycles. The zero-order valence-electron chi connectivity index (χ0n) is 13.7. The highest BCUT2D eigenvalue weighted by Gasteiger charge is 2.17. The minimum absolute atomic E-state index is 0.0744. The first-order valence-electron chi connectivity index (χ1n) is 8.12. The highest BCUT2D eigenvalue weighted by Crippen LogP contribution is 2.22. The number of rotatable bonds is 6. The first-order valence-corrected chi connectivity index (χ1v) is 8.12. The summed E-state index contributed by atoms with van der Waals surface area (Å²) in [7, 11) is 0. The number of nitrogens with one attached hydrogen (secondary N) is 1. The van der Waals surface area contributed by atoms with Gasteiger partial charge in [-0.05, 0) is 31.4 Å². The van der Waals surface area contributed by atoms with E-state index < -0.39 is 5.97 Å². The Morgan fingerprint density at radius 1 is 1.38 bits per heavy atom. The Labute approximate surface area is 140 Å². The van der Waals surface area contributed by atoms with Gasteiger partial charge in [0.2, 0.25) is 0 Å². The van der Waals surface area contributed by atoms with E-state index in [-0.39, 0.29) is 25.0 Å². The number of hydrogen-bond donors (Lipinski definition) is 1. The third-order valence-corrected chi connectivity index (χ3v) is 4.06. The third kappa shape index (κ3) is 4.14. The Balaban J connectivity index is 1.45.